The quantitative estimate of drug-likeness (QED) is 0.159. The van der Waals surface area contributed by atoms with Gasteiger partial charge in [0.05, 0.1) is 5.41 Å². The molecule has 8 aromatic carbocycles. The highest BCUT2D eigenvalue weighted by Crippen LogP contribution is 2.65. The second-order valence-corrected chi connectivity index (χ2v) is 18.8. The van der Waals surface area contributed by atoms with Crippen LogP contribution in [0.4, 0.5) is 0 Å². The lowest BCUT2D eigenvalue weighted by atomic mass is 9.36. The van der Waals surface area contributed by atoms with Crippen molar-refractivity contribution in [2.45, 2.75) is 25.0 Å². The minimum absolute atomic E-state index is 0.156. The van der Waals surface area contributed by atoms with Gasteiger partial charge in [-0.2, -0.15) is 0 Å². The van der Waals surface area contributed by atoms with Crippen LogP contribution in [-0.4, -0.2) is 13.4 Å². The van der Waals surface area contributed by atoms with Crippen molar-refractivity contribution < 1.29 is 0 Å². The van der Waals surface area contributed by atoms with E-state index in [-0.39, 0.29) is 13.4 Å². The highest BCUT2D eigenvalue weighted by Gasteiger charge is 2.54. The summed E-state index contributed by atoms with van der Waals surface area (Å²) in [7, 11) is 0. The second kappa shape index (κ2) is 12.3. The van der Waals surface area contributed by atoms with E-state index in [1.807, 2.05) is 23.5 Å². The van der Waals surface area contributed by atoms with Gasteiger partial charge < -0.3 is 0 Å². The van der Waals surface area contributed by atoms with Crippen molar-refractivity contribution in [3.05, 3.63) is 201 Å². The summed E-state index contributed by atoms with van der Waals surface area (Å²) in [6.07, 6.45) is 0. The van der Waals surface area contributed by atoms with Crippen molar-refractivity contribution in [1.82, 2.24) is 0 Å². The molecular weight excluding hydrogens is 834 g/mol. The molecule has 256 valence electrons. The molecule has 0 saturated carbocycles. The average Bonchev–Trinajstić information content (AvgIpc) is 3.68. The minimum Gasteiger partial charge on any atom is -0.0905 e. The van der Waals surface area contributed by atoms with Crippen LogP contribution in [0.5, 0.6) is 0 Å². The zero-order valence-corrected chi connectivity index (χ0v) is 34.2. The van der Waals surface area contributed by atoms with Gasteiger partial charge in [0, 0.05) is 39.7 Å². The number of benzene rings is 8. The molecule has 2 heterocycles. The minimum atomic E-state index is -0.472. The van der Waals surface area contributed by atoms with Gasteiger partial charge in [-0.3, -0.25) is 0 Å². The molecular formula is C49H28B2Br2S2. The van der Waals surface area contributed by atoms with Crippen LogP contribution < -0.4 is 32.8 Å². The first-order valence-corrected chi connectivity index (χ1v) is 21.9. The van der Waals surface area contributed by atoms with Crippen molar-refractivity contribution in [2.24, 2.45) is 0 Å². The highest BCUT2D eigenvalue weighted by atomic mass is 79.9. The Bertz CT molecular complexity index is 2730. The SMILES string of the molecule is Brc1ccc2c(c1)-c1c(ccc3c1Sc1ccccc1B3c1ccccc1)C21c2ccc(Br)cc2-c2c1ccc1c2Sc2ccccc2B1c1ccccc1. The van der Waals surface area contributed by atoms with Crippen molar-refractivity contribution in [3.63, 3.8) is 0 Å². The summed E-state index contributed by atoms with van der Waals surface area (Å²) >= 11 is 11.8. The number of halogens is 2. The molecule has 0 amide bonds. The average molecular weight is 862 g/mol. The van der Waals surface area contributed by atoms with E-state index in [1.54, 1.807) is 0 Å². The summed E-state index contributed by atoms with van der Waals surface area (Å²) < 4.78 is 2.20. The van der Waals surface area contributed by atoms with E-state index < -0.39 is 5.41 Å². The summed E-state index contributed by atoms with van der Waals surface area (Å²) in [4.78, 5) is 5.42. The topological polar surface area (TPSA) is 0 Å². The molecule has 0 N–H and O–H groups in total. The predicted octanol–water partition coefficient (Wildman–Crippen LogP) is 9.52. The lowest BCUT2D eigenvalue weighted by Crippen LogP contribution is -2.55. The largest absolute Gasteiger partial charge is 0.244 e. The Hall–Kier alpha value is -4.45. The van der Waals surface area contributed by atoms with Crippen molar-refractivity contribution in [1.29, 1.82) is 0 Å². The fourth-order valence-corrected chi connectivity index (χ4v) is 13.5. The van der Waals surface area contributed by atoms with E-state index in [1.165, 1.54) is 96.9 Å². The zero-order valence-electron chi connectivity index (χ0n) is 29.4. The van der Waals surface area contributed by atoms with E-state index in [9.17, 15) is 0 Å². The molecule has 0 atom stereocenters. The summed E-state index contributed by atoms with van der Waals surface area (Å²) in [5.74, 6) is 0. The molecule has 0 bridgehead atoms. The number of rotatable bonds is 2. The maximum atomic E-state index is 3.93. The number of fused-ring (bicyclic) bond motifs is 16. The normalized spacial score (nSPS) is 14.7. The van der Waals surface area contributed by atoms with E-state index in [0.717, 1.165) is 8.95 Å². The lowest BCUT2D eigenvalue weighted by Gasteiger charge is -2.33. The molecule has 0 nitrogen and oxygen atoms in total. The Morgan fingerprint density at radius 1 is 0.382 bits per heavy atom. The first-order valence-electron chi connectivity index (χ1n) is 18.7. The van der Waals surface area contributed by atoms with Gasteiger partial charge in [-0.25, -0.2) is 0 Å². The Kier molecular flexibility index (Phi) is 7.31. The summed E-state index contributed by atoms with van der Waals surface area (Å²) in [5.41, 5.74) is 18.6. The molecule has 55 heavy (non-hydrogen) atoms. The summed E-state index contributed by atoms with van der Waals surface area (Å²) in [5, 5.41) is 0. The monoisotopic (exact) mass is 860 g/mol. The smallest absolute Gasteiger partial charge is 0.0905 e. The Morgan fingerprint density at radius 2 is 0.782 bits per heavy atom. The van der Waals surface area contributed by atoms with E-state index in [0.29, 0.717) is 0 Å². The van der Waals surface area contributed by atoms with E-state index >= 15 is 0 Å². The van der Waals surface area contributed by atoms with Gasteiger partial charge in [0.1, 0.15) is 0 Å². The first kappa shape index (κ1) is 32.8. The molecule has 1 spiro atoms. The van der Waals surface area contributed by atoms with Crippen LogP contribution in [0.15, 0.2) is 198 Å². The van der Waals surface area contributed by atoms with Gasteiger partial charge in [0.25, 0.3) is 0 Å². The molecule has 4 aliphatic rings. The van der Waals surface area contributed by atoms with Crippen molar-refractivity contribution in [2.75, 3.05) is 0 Å². The van der Waals surface area contributed by atoms with Crippen LogP contribution in [0.25, 0.3) is 22.3 Å². The van der Waals surface area contributed by atoms with Crippen LogP contribution in [0.1, 0.15) is 22.3 Å². The van der Waals surface area contributed by atoms with Crippen LogP contribution >= 0.6 is 55.4 Å². The molecule has 6 heteroatoms. The highest BCUT2D eigenvalue weighted by molar-refractivity contribution is 9.10. The third kappa shape index (κ3) is 4.51. The fourth-order valence-electron chi connectivity index (χ4n) is 10.2. The predicted molar refractivity (Wildman–Crippen MR) is 241 cm³/mol. The summed E-state index contributed by atoms with van der Waals surface area (Å²) in [6, 6.07) is 64.2. The van der Waals surface area contributed by atoms with Gasteiger partial charge in [-0.15, -0.1) is 0 Å². The molecule has 0 aromatic heterocycles. The van der Waals surface area contributed by atoms with Gasteiger partial charge in [0.2, 0.25) is 13.4 Å². The maximum absolute atomic E-state index is 3.93. The Morgan fingerprint density at radius 3 is 1.24 bits per heavy atom. The van der Waals surface area contributed by atoms with E-state index in [2.05, 4.69) is 202 Å². The standard InChI is InChI=1S/C49H28B2Br2S2/c52-31-19-21-35-33(27-31)45-37(23-25-41-47(45)54-43-17-9-7-15-39(43)50(41)29-11-3-1-4-12-29)49(35)36-22-20-32(53)28-34(36)46-38(49)24-26-42-48(46)55-44-18-10-8-16-40(44)51(42)30-13-5-2-6-14-30/h1-28H. The molecule has 12 rings (SSSR count). The Balaban J connectivity index is 1.18. The van der Waals surface area contributed by atoms with Gasteiger partial charge >= 0.3 is 0 Å². The number of hydrogen-bond acceptors (Lipinski definition) is 2. The molecule has 8 aromatic rings. The van der Waals surface area contributed by atoms with E-state index in [4.69, 9.17) is 0 Å². The second-order valence-electron chi connectivity index (χ2n) is 14.9. The van der Waals surface area contributed by atoms with Crippen LogP contribution in [0.3, 0.4) is 0 Å². The molecule has 2 aliphatic carbocycles. The number of hydrogen-bond donors (Lipinski definition) is 0. The maximum Gasteiger partial charge on any atom is 0.244 e. The summed E-state index contributed by atoms with van der Waals surface area (Å²) in [6.45, 7) is 0.312. The molecule has 0 fully saturated rings. The van der Waals surface area contributed by atoms with Gasteiger partial charge in [0.15, 0.2) is 0 Å². The molecule has 2 aliphatic heterocycles. The third-order valence-electron chi connectivity index (χ3n) is 12.3. The van der Waals surface area contributed by atoms with Crippen molar-refractivity contribution >= 4 is 102 Å². The van der Waals surface area contributed by atoms with Crippen LogP contribution in [-0.2, 0) is 5.41 Å². The fraction of sp³-hybridized carbons (Fsp3) is 0.0204. The van der Waals surface area contributed by atoms with Crippen LogP contribution in [0.2, 0.25) is 0 Å². The Labute approximate surface area is 347 Å². The lowest BCUT2D eigenvalue weighted by molar-refractivity contribution is 0.791. The van der Waals surface area contributed by atoms with Crippen molar-refractivity contribution in [3.8, 4) is 22.3 Å². The molecule has 0 unspecified atom stereocenters. The zero-order chi connectivity index (χ0) is 36.4. The first-order chi connectivity index (χ1) is 27.1. The third-order valence-corrected chi connectivity index (χ3v) is 15.7. The molecule has 0 saturated heterocycles. The van der Waals surface area contributed by atoms with Crippen LogP contribution in [0, 0.1) is 0 Å². The molecule has 0 radical (unpaired) electrons. The van der Waals surface area contributed by atoms with Gasteiger partial charge in [-0.05, 0) is 69.8 Å². The van der Waals surface area contributed by atoms with Gasteiger partial charge in [-0.1, -0.05) is 222 Å².